The molecule has 0 aliphatic carbocycles. The molecule has 1 saturated heterocycles. The summed E-state index contributed by atoms with van der Waals surface area (Å²) in [6, 6.07) is 20.3. The van der Waals surface area contributed by atoms with Crippen molar-refractivity contribution in [3.63, 3.8) is 0 Å². The van der Waals surface area contributed by atoms with Crippen LogP contribution in [0.15, 0.2) is 77.4 Å². The van der Waals surface area contributed by atoms with Gasteiger partial charge >= 0.3 is 0 Å². The molecule has 190 valence electrons. The molecule has 0 spiro atoms. The number of allylic oxidation sites excluding steroid dienone is 1. The number of methoxy groups -OCH3 is 2. The summed E-state index contributed by atoms with van der Waals surface area (Å²) in [4.78, 5) is 17.5. The number of furan rings is 1. The van der Waals surface area contributed by atoms with Crippen LogP contribution in [0.3, 0.4) is 0 Å². The third-order valence-corrected chi connectivity index (χ3v) is 7.13. The summed E-state index contributed by atoms with van der Waals surface area (Å²) < 4.78 is 17.1. The van der Waals surface area contributed by atoms with Gasteiger partial charge in [0.25, 0.3) is 0 Å². The van der Waals surface area contributed by atoms with Gasteiger partial charge in [-0.15, -0.1) is 0 Å². The van der Waals surface area contributed by atoms with E-state index in [9.17, 15) is 4.79 Å². The topological polar surface area (TPSA) is 55.2 Å². The van der Waals surface area contributed by atoms with Gasteiger partial charge in [-0.05, 0) is 55.3 Å². The standard InChI is InChI=1S/C31H32N2O4/c1-21(18-29(34)33-16-14-32(15-17-33)24-8-6-5-7-9-24)26-19-27-28(23-10-12-25(35-3)13-11-23)20-37-31(27)22(2)30(26)36-4/h5-13,18-20H,14-17H2,1-4H3/b21-18+. The van der Waals surface area contributed by atoms with E-state index in [0.717, 1.165) is 63.4 Å². The predicted molar refractivity (Wildman–Crippen MR) is 148 cm³/mol. The number of rotatable bonds is 6. The Hall–Kier alpha value is -4.19. The minimum Gasteiger partial charge on any atom is -0.497 e. The van der Waals surface area contributed by atoms with Crippen molar-refractivity contribution < 1.29 is 18.7 Å². The van der Waals surface area contributed by atoms with Crippen LogP contribution in [-0.2, 0) is 4.79 Å². The number of carbonyl (C=O) groups is 1. The van der Waals surface area contributed by atoms with Gasteiger partial charge in [0.2, 0.25) is 5.91 Å². The molecule has 0 unspecified atom stereocenters. The van der Waals surface area contributed by atoms with Crippen molar-refractivity contribution in [3.8, 4) is 22.6 Å². The first-order chi connectivity index (χ1) is 18.0. The number of anilines is 1. The fraction of sp³-hybridized carbons (Fsp3) is 0.258. The van der Waals surface area contributed by atoms with Crippen LogP contribution in [0.25, 0.3) is 27.7 Å². The van der Waals surface area contributed by atoms with E-state index in [1.54, 1.807) is 26.6 Å². The van der Waals surface area contributed by atoms with Gasteiger partial charge in [-0.3, -0.25) is 4.79 Å². The molecule has 0 N–H and O–H groups in total. The van der Waals surface area contributed by atoms with Crippen molar-refractivity contribution in [3.05, 3.63) is 84.1 Å². The first-order valence-corrected chi connectivity index (χ1v) is 12.5. The zero-order valence-electron chi connectivity index (χ0n) is 21.8. The molecule has 37 heavy (non-hydrogen) atoms. The lowest BCUT2D eigenvalue weighted by Gasteiger charge is -2.35. The highest BCUT2D eigenvalue weighted by molar-refractivity contribution is 6.01. The number of benzene rings is 3. The highest BCUT2D eigenvalue weighted by Gasteiger charge is 2.22. The molecule has 0 atom stereocenters. The van der Waals surface area contributed by atoms with E-state index >= 15 is 0 Å². The quantitative estimate of drug-likeness (QED) is 0.299. The number of amides is 1. The second kappa shape index (κ2) is 10.4. The Morgan fingerprint density at radius 1 is 0.946 bits per heavy atom. The smallest absolute Gasteiger partial charge is 0.246 e. The average molecular weight is 497 g/mol. The molecule has 1 fully saturated rings. The lowest BCUT2D eigenvalue weighted by Crippen LogP contribution is -2.48. The number of para-hydroxylation sites is 1. The van der Waals surface area contributed by atoms with Crippen LogP contribution in [0.5, 0.6) is 11.5 Å². The van der Waals surface area contributed by atoms with Gasteiger partial charge in [0.15, 0.2) is 0 Å². The lowest BCUT2D eigenvalue weighted by atomic mass is 9.96. The van der Waals surface area contributed by atoms with E-state index in [0.29, 0.717) is 13.1 Å². The highest BCUT2D eigenvalue weighted by atomic mass is 16.5. The Morgan fingerprint density at radius 2 is 1.65 bits per heavy atom. The predicted octanol–water partition coefficient (Wildman–Crippen LogP) is 6.18. The minimum absolute atomic E-state index is 0.0209. The van der Waals surface area contributed by atoms with Crippen LogP contribution in [0, 0.1) is 6.92 Å². The first kappa shape index (κ1) is 24.5. The Kier molecular flexibility index (Phi) is 6.91. The van der Waals surface area contributed by atoms with E-state index in [-0.39, 0.29) is 5.91 Å². The molecule has 4 aromatic rings. The van der Waals surface area contributed by atoms with Gasteiger partial charge in [0, 0.05) is 60.0 Å². The second-order valence-corrected chi connectivity index (χ2v) is 9.31. The Bertz CT molecular complexity index is 1430. The van der Waals surface area contributed by atoms with Crippen molar-refractivity contribution in [1.82, 2.24) is 4.90 Å². The molecule has 1 amide bonds. The van der Waals surface area contributed by atoms with E-state index in [4.69, 9.17) is 13.9 Å². The zero-order chi connectivity index (χ0) is 25.9. The molecular formula is C31H32N2O4. The molecule has 0 saturated carbocycles. The number of hydrogen-bond donors (Lipinski definition) is 0. The maximum Gasteiger partial charge on any atom is 0.246 e. The maximum atomic E-state index is 13.2. The highest BCUT2D eigenvalue weighted by Crippen LogP contribution is 2.40. The summed E-state index contributed by atoms with van der Waals surface area (Å²) in [6.45, 7) is 6.97. The van der Waals surface area contributed by atoms with Crippen LogP contribution in [0.2, 0.25) is 0 Å². The van der Waals surface area contributed by atoms with Gasteiger partial charge in [0.05, 0.1) is 20.5 Å². The molecule has 6 nitrogen and oxygen atoms in total. The van der Waals surface area contributed by atoms with Crippen LogP contribution in [0.4, 0.5) is 5.69 Å². The maximum absolute atomic E-state index is 13.2. The number of nitrogens with zero attached hydrogens (tertiary/aromatic N) is 2. The zero-order valence-corrected chi connectivity index (χ0v) is 21.8. The lowest BCUT2D eigenvalue weighted by molar-refractivity contribution is -0.126. The van der Waals surface area contributed by atoms with Crippen molar-refractivity contribution in [2.75, 3.05) is 45.3 Å². The van der Waals surface area contributed by atoms with E-state index in [1.165, 1.54) is 5.69 Å². The largest absolute Gasteiger partial charge is 0.497 e. The molecular weight excluding hydrogens is 464 g/mol. The van der Waals surface area contributed by atoms with Gasteiger partial charge in [0.1, 0.15) is 17.1 Å². The summed E-state index contributed by atoms with van der Waals surface area (Å²) in [5.41, 5.74) is 6.65. The Morgan fingerprint density at radius 3 is 2.30 bits per heavy atom. The van der Waals surface area contributed by atoms with Gasteiger partial charge in [-0.2, -0.15) is 0 Å². The number of ether oxygens (including phenoxy) is 2. The second-order valence-electron chi connectivity index (χ2n) is 9.31. The monoisotopic (exact) mass is 496 g/mol. The fourth-order valence-corrected chi connectivity index (χ4v) is 5.04. The summed E-state index contributed by atoms with van der Waals surface area (Å²) in [7, 11) is 3.31. The van der Waals surface area contributed by atoms with Crippen molar-refractivity contribution in [1.29, 1.82) is 0 Å². The number of aryl methyl sites for hydroxylation is 1. The summed E-state index contributed by atoms with van der Waals surface area (Å²) in [5.74, 6) is 1.54. The van der Waals surface area contributed by atoms with Crippen LogP contribution in [0.1, 0.15) is 18.1 Å². The van der Waals surface area contributed by atoms with Crippen LogP contribution >= 0.6 is 0 Å². The van der Waals surface area contributed by atoms with Gasteiger partial charge in [-0.1, -0.05) is 30.3 Å². The third kappa shape index (κ3) is 4.79. The minimum atomic E-state index is 0.0209. The van der Waals surface area contributed by atoms with E-state index in [2.05, 4.69) is 23.1 Å². The molecule has 0 radical (unpaired) electrons. The van der Waals surface area contributed by atoms with Crippen LogP contribution < -0.4 is 14.4 Å². The van der Waals surface area contributed by atoms with E-state index in [1.807, 2.05) is 61.2 Å². The summed E-state index contributed by atoms with van der Waals surface area (Å²) in [6.07, 6.45) is 3.51. The Balaban J connectivity index is 1.42. The Labute approximate surface area is 217 Å². The SMILES string of the molecule is COc1ccc(-c2coc3c(C)c(OC)c(/C(C)=C/C(=O)N4CCN(c5ccccc5)CC4)cc23)cc1. The van der Waals surface area contributed by atoms with Crippen molar-refractivity contribution in [2.45, 2.75) is 13.8 Å². The molecule has 6 heteroatoms. The number of hydrogen-bond acceptors (Lipinski definition) is 5. The molecule has 2 heterocycles. The molecule has 0 bridgehead atoms. The summed E-state index contributed by atoms with van der Waals surface area (Å²) in [5, 5.41) is 0.982. The number of piperazine rings is 1. The third-order valence-electron chi connectivity index (χ3n) is 7.13. The number of carbonyl (C=O) groups excluding carboxylic acids is 1. The normalized spacial score (nSPS) is 14.2. The summed E-state index contributed by atoms with van der Waals surface area (Å²) >= 11 is 0. The van der Waals surface area contributed by atoms with Crippen LogP contribution in [-0.4, -0.2) is 51.2 Å². The average Bonchev–Trinajstić information content (AvgIpc) is 3.38. The number of fused-ring (bicyclic) bond motifs is 1. The molecule has 5 rings (SSSR count). The van der Waals surface area contributed by atoms with E-state index < -0.39 is 0 Å². The molecule has 3 aromatic carbocycles. The molecule has 1 aliphatic rings. The first-order valence-electron chi connectivity index (χ1n) is 12.5. The fourth-order valence-electron chi connectivity index (χ4n) is 5.04. The van der Waals surface area contributed by atoms with Gasteiger partial charge < -0.3 is 23.7 Å². The van der Waals surface area contributed by atoms with Crippen molar-refractivity contribution in [2.24, 2.45) is 0 Å². The van der Waals surface area contributed by atoms with Gasteiger partial charge in [-0.25, -0.2) is 0 Å². The molecule has 1 aromatic heterocycles. The molecule has 1 aliphatic heterocycles. The van der Waals surface area contributed by atoms with Crippen molar-refractivity contribution >= 4 is 28.1 Å².